The Labute approximate surface area is 104 Å². The number of carbonyl (C=O) groups is 1. The third kappa shape index (κ3) is 3.23. The summed E-state index contributed by atoms with van der Waals surface area (Å²) in [6.07, 6.45) is 0.837. The summed E-state index contributed by atoms with van der Waals surface area (Å²) in [5.74, 6) is 1.23. The van der Waals surface area contributed by atoms with Crippen LogP contribution in [0.2, 0.25) is 0 Å². The third-order valence-corrected chi connectivity index (χ3v) is 2.41. The molecule has 1 aromatic rings. The number of hydrogen-bond acceptors (Lipinski definition) is 3. The average Bonchev–Trinajstić information content (AvgIpc) is 2.22. The van der Waals surface area contributed by atoms with Crippen LogP contribution in [0.25, 0.3) is 0 Å². The first-order chi connectivity index (χ1) is 7.58. The van der Waals surface area contributed by atoms with Crippen molar-refractivity contribution in [3.8, 4) is 11.5 Å². The second-order valence-corrected chi connectivity index (χ2v) is 4.40. The summed E-state index contributed by atoms with van der Waals surface area (Å²) < 4.78 is 11.8. The van der Waals surface area contributed by atoms with Crippen molar-refractivity contribution >= 4 is 22.2 Å². The lowest BCUT2D eigenvalue weighted by Gasteiger charge is -2.16. The van der Waals surface area contributed by atoms with E-state index >= 15 is 0 Å². The predicted molar refractivity (Wildman–Crippen MR) is 66.5 cm³/mol. The van der Waals surface area contributed by atoms with Crippen LogP contribution in [0, 0.1) is 0 Å². The highest BCUT2D eigenvalue weighted by Gasteiger charge is 2.13. The van der Waals surface area contributed by atoms with Crippen molar-refractivity contribution in [2.45, 2.75) is 26.9 Å². The Morgan fingerprint density at radius 3 is 2.62 bits per heavy atom. The fourth-order valence-corrected chi connectivity index (χ4v) is 1.82. The van der Waals surface area contributed by atoms with E-state index in [1.165, 1.54) is 0 Å². The first-order valence-electron chi connectivity index (χ1n) is 5.16. The van der Waals surface area contributed by atoms with Crippen LogP contribution < -0.4 is 9.47 Å². The standard InChI is InChI=1S/C12H15BrO3/c1-4-15-11-6-9(7-14)5-10(13)12(11)16-8(2)3/h5-8H,4H2,1-3H3. The number of halogens is 1. The molecule has 88 valence electrons. The number of carbonyl (C=O) groups excluding carboxylic acids is 1. The summed E-state index contributed by atoms with van der Waals surface area (Å²) >= 11 is 3.37. The molecule has 0 aliphatic carbocycles. The van der Waals surface area contributed by atoms with Crippen LogP contribution in [0.1, 0.15) is 31.1 Å². The monoisotopic (exact) mass is 286 g/mol. The lowest BCUT2D eigenvalue weighted by atomic mass is 10.2. The van der Waals surface area contributed by atoms with Gasteiger partial charge in [0.1, 0.15) is 6.29 Å². The van der Waals surface area contributed by atoms with Crippen LogP contribution in [0.3, 0.4) is 0 Å². The molecule has 3 nitrogen and oxygen atoms in total. The van der Waals surface area contributed by atoms with Gasteiger partial charge in [0.05, 0.1) is 17.2 Å². The number of hydrogen-bond donors (Lipinski definition) is 0. The lowest BCUT2D eigenvalue weighted by molar-refractivity contribution is 0.112. The van der Waals surface area contributed by atoms with Gasteiger partial charge in [0.15, 0.2) is 11.5 Å². The van der Waals surface area contributed by atoms with E-state index in [-0.39, 0.29) is 6.10 Å². The summed E-state index contributed by atoms with van der Waals surface area (Å²) in [5.41, 5.74) is 0.562. The molecule has 0 N–H and O–H groups in total. The fraction of sp³-hybridized carbons (Fsp3) is 0.417. The van der Waals surface area contributed by atoms with Crippen LogP contribution in [-0.4, -0.2) is 19.0 Å². The molecule has 0 aromatic heterocycles. The minimum atomic E-state index is 0.0533. The van der Waals surface area contributed by atoms with E-state index in [0.717, 1.165) is 10.8 Å². The Balaban J connectivity index is 3.16. The van der Waals surface area contributed by atoms with Gasteiger partial charge < -0.3 is 9.47 Å². The minimum Gasteiger partial charge on any atom is -0.490 e. The largest absolute Gasteiger partial charge is 0.490 e. The highest BCUT2D eigenvalue weighted by Crippen LogP contribution is 2.37. The van der Waals surface area contributed by atoms with Gasteiger partial charge in [0, 0.05) is 5.56 Å². The smallest absolute Gasteiger partial charge is 0.175 e. The van der Waals surface area contributed by atoms with Gasteiger partial charge in [-0.3, -0.25) is 4.79 Å². The number of rotatable bonds is 5. The van der Waals surface area contributed by atoms with E-state index in [1.54, 1.807) is 12.1 Å². The molecule has 0 saturated carbocycles. The molecule has 16 heavy (non-hydrogen) atoms. The van der Waals surface area contributed by atoms with Crippen molar-refractivity contribution in [3.05, 3.63) is 22.2 Å². The molecule has 1 rings (SSSR count). The normalized spacial score (nSPS) is 10.3. The van der Waals surface area contributed by atoms with Crippen LogP contribution in [0.5, 0.6) is 11.5 Å². The molecule has 0 saturated heterocycles. The second kappa shape index (κ2) is 5.89. The molecule has 1 aromatic carbocycles. The number of ether oxygens (including phenoxy) is 2. The zero-order valence-corrected chi connectivity index (χ0v) is 11.2. The molecule has 0 radical (unpaired) electrons. The average molecular weight is 287 g/mol. The maximum Gasteiger partial charge on any atom is 0.175 e. The first-order valence-corrected chi connectivity index (χ1v) is 5.96. The Hall–Kier alpha value is -1.03. The Kier molecular flexibility index (Phi) is 4.80. The molecule has 0 fully saturated rings. The Morgan fingerprint density at radius 2 is 2.12 bits per heavy atom. The molecular weight excluding hydrogens is 272 g/mol. The Bertz CT molecular complexity index is 375. The van der Waals surface area contributed by atoms with E-state index < -0.39 is 0 Å². The van der Waals surface area contributed by atoms with Crippen molar-refractivity contribution < 1.29 is 14.3 Å². The van der Waals surface area contributed by atoms with Gasteiger partial charge in [-0.2, -0.15) is 0 Å². The van der Waals surface area contributed by atoms with E-state index in [2.05, 4.69) is 15.9 Å². The zero-order chi connectivity index (χ0) is 12.1. The molecule has 4 heteroatoms. The highest BCUT2D eigenvalue weighted by atomic mass is 79.9. The van der Waals surface area contributed by atoms with Crippen molar-refractivity contribution in [3.63, 3.8) is 0 Å². The zero-order valence-electron chi connectivity index (χ0n) is 9.62. The van der Waals surface area contributed by atoms with Crippen molar-refractivity contribution in [2.24, 2.45) is 0 Å². The second-order valence-electron chi connectivity index (χ2n) is 3.55. The first kappa shape index (κ1) is 13.0. The third-order valence-electron chi connectivity index (χ3n) is 1.82. The molecule has 0 atom stereocenters. The van der Waals surface area contributed by atoms with Gasteiger partial charge in [-0.1, -0.05) is 0 Å². The summed E-state index contributed by atoms with van der Waals surface area (Å²) in [7, 11) is 0. The molecule has 0 unspecified atom stereocenters. The molecule has 0 aliphatic rings. The van der Waals surface area contributed by atoms with Crippen LogP contribution in [0.15, 0.2) is 16.6 Å². The quantitative estimate of drug-likeness (QED) is 0.778. The van der Waals surface area contributed by atoms with E-state index in [0.29, 0.717) is 23.7 Å². The summed E-state index contributed by atoms with van der Waals surface area (Å²) in [6.45, 7) is 6.30. The summed E-state index contributed by atoms with van der Waals surface area (Å²) in [4.78, 5) is 10.7. The van der Waals surface area contributed by atoms with Crippen LogP contribution in [0.4, 0.5) is 0 Å². The minimum absolute atomic E-state index is 0.0533. The fourth-order valence-electron chi connectivity index (χ4n) is 1.27. The predicted octanol–water partition coefficient (Wildman–Crippen LogP) is 3.45. The van der Waals surface area contributed by atoms with Gasteiger partial charge >= 0.3 is 0 Å². The molecule has 0 amide bonds. The molecule has 0 spiro atoms. The van der Waals surface area contributed by atoms with Crippen molar-refractivity contribution in [1.82, 2.24) is 0 Å². The Morgan fingerprint density at radius 1 is 1.44 bits per heavy atom. The highest BCUT2D eigenvalue weighted by molar-refractivity contribution is 9.10. The van der Waals surface area contributed by atoms with Gasteiger partial charge in [-0.25, -0.2) is 0 Å². The van der Waals surface area contributed by atoms with E-state index in [9.17, 15) is 4.79 Å². The maximum absolute atomic E-state index is 10.7. The van der Waals surface area contributed by atoms with Crippen LogP contribution >= 0.6 is 15.9 Å². The molecule has 0 heterocycles. The van der Waals surface area contributed by atoms with Crippen molar-refractivity contribution in [1.29, 1.82) is 0 Å². The number of aldehydes is 1. The summed E-state index contributed by atoms with van der Waals surface area (Å²) in [5, 5.41) is 0. The molecule has 0 aliphatic heterocycles. The molecular formula is C12H15BrO3. The van der Waals surface area contributed by atoms with Crippen LogP contribution in [-0.2, 0) is 0 Å². The van der Waals surface area contributed by atoms with E-state index in [1.807, 2.05) is 20.8 Å². The SMILES string of the molecule is CCOc1cc(C=O)cc(Br)c1OC(C)C. The van der Waals surface area contributed by atoms with Gasteiger partial charge in [0.2, 0.25) is 0 Å². The summed E-state index contributed by atoms with van der Waals surface area (Å²) in [6, 6.07) is 3.40. The lowest BCUT2D eigenvalue weighted by Crippen LogP contribution is -2.08. The topological polar surface area (TPSA) is 35.5 Å². The molecule has 0 bridgehead atoms. The van der Waals surface area contributed by atoms with Crippen molar-refractivity contribution in [2.75, 3.05) is 6.61 Å². The van der Waals surface area contributed by atoms with Gasteiger partial charge in [0.25, 0.3) is 0 Å². The maximum atomic E-state index is 10.7. The van der Waals surface area contributed by atoms with Gasteiger partial charge in [-0.05, 0) is 48.8 Å². The number of benzene rings is 1. The van der Waals surface area contributed by atoms with Gasteiger partial charge in [-0.15, -0.1) is 0 Å². The van der Waals surface area contributed by atoms with E-state index in [4.69, 9.17) is 9.47 Å².